The molecular formula is C21H27N3O5. The maximum atomic E-state index is 12.2. The summed E-state index contributed by atoms with van der Waals surface area (Å²) in [5.41, 5.74) is 1.13. The van der Waals surface area contributed by atoms with Gasteiger partial charge in [-0.15, -0.1) is 0 Å². The molecule has 2 fully saturated rings. The minimum absolute atomic E-state index is 0.0810. The Balaban J connectivity index is 1.37. The highest BCUT2D eigenvalue weighted by molar-refractivity contribution is 5.98. The van der Waals surface area contributed by atoms with Crippen molar-refractivity contribution in [3.05, 3.63) is 29.8 Å². The fourth-order valence-corrected chi connectivity index (χ4v) is 3.68. The van der Waals surface area contributed by atoms with Gasteiger partial charge >= 0.3 is 5.97 Å². The molecule has 1 heterocycles. The standard InChI is InChI=1S/C21H27N3O5/c25-18(23-16-5-2-1-3-6-16)14-29-20(27)13-22-21(28)15-8-10-17(11-9-15)24-12-4-7-19(24)26/h8-11,16H,1-7,12-14H2,(H,22,28)(H,23,25). The molecule has 8 nitrogen and oxygen atoms in total. The van der Waals surface area contributed by atoms with Gasteiger partial charge in [-0.05, 0) is 43.5 Å². The first-order chi connectivity index (χ1) is 14.0. The summed E-state index contributed by atoms with van der Waals surface area (Å²) in [6.45, 7) is 0.0240. The van der Waals surface area contributed by atoms with Crippen molar-refractivity contribution in [2.75, 3.05) is 24.6 Å². The summed E-state index contributed by atoms with van der Waals surface area (Å²) in [4.78, 5) is 49.2. The molecule has 8 heteroatoms. The molecule has 3 amide bonds. The van der Waals surface area contributed by atoms with E-state index >= 15 is 0 Å². The number of nitrogens with one attached hydrogen (secondary N) is 2. The Hall–Kier alpha value is -2.90. The van der Waals surface area contributed by atoms with Gasteiger partial charge in [0.1, 0.15) is 6.54 Å². The highest BCUT2D eigenvalue weighted by atomic mass is 16.5. The molecule has 0 aromatic heterocycles. The number of ether oxygens (including phenoxy) is 1. The summed E-state index contributed by atoms with van der Waals surface area (Å²) in [5, 5.41) is 5.34. The average molecular weight is 401 g/mol. The van der Waals surface area contributed by atoms with Crippen LogP contribution in [-0.4, -0.2) is 49.4 Å². The highest BCUT2D eigenvalue weighted by Crippen LogP contribution is 2.21. The predicted molar refractivity (Wildman–Crippen MR) is 106 cm³/mol. The quantitative estimate of drug-likeness (QED) is 0.675. The Bertz CT molecular complexity index is 756. The summed E-state index contributed by atoms with van der Waals surface area (Å²) in [5.74, 6) is -1.33. The predicted octanol–water partition coefficient (Wildman–Crippen LogP) is 1.54. The van der Waals surface area contributed by atoms with Gasteiger partial charge in [0.05, 0.1) is 0 Å². The average Bonchev–Trinajstić information content (AvgIpc) is 3.17. The monoisotopic (exact) mass is 401 g/mol. The maximum absolute atomic E-state index is 12.2. The van der Waals surface area contributed by atoms with E-state index in [0.29, 0.717) is 18.5 Å². The first kappa shape index (κ1) is 20.8. The van der Waals surface area contributed by atoms with Crippen LogP contribution in [0.1, 0.15) is 55.3 Å². The number of hydrogen-bond acceptors (Lipinski definition) is 5. The van der Waals surface area contributed by atoms with Gasteiger partial charge in [-0.1, -0.05) is 19.3 Å². The van der Waals surface area contributed by atoms with Crippen molar-refractivity contribution in [3.63, 3.8) is 0 Å². The topological polar surface area (TPSA) is 105 Å². The molecule has 0 unspecified atom stereocenters. The van der Waals surface area contributed by atoms with E-state index in [-0.39, 0.29) is 31.0 Å². The molecule has 2 aliphatic rings. The van der Waals surface area contributed by atoms with Gasteiger partial charge < -0.3 is 20.3 Å². The lowest BCUT2D eigenvalue weighted by Crippen LogP contribution is -2.39. The molecule has 29 heavy (non-hydrogen) atoms. The van der Waals surface area contributed by atoms with E-state index in [9.17, 15) is 19.2 Å². The molecular weight excluding hydrogens is 374 g/mol. The van der Waals surface area contributed by atoms with Crippen LogP contribution in [0.3, 0.4) is 0 Å². The number of benzene rings is 1. The molecule has 0 bridgehead atoms. The third kappa shape index (κ3) is 6.04. The molecule has 1 saturated heterocycles. The minimum Gasteiger partial charge on any atom is -0.454 e. The Morgan fingerprint density at radius 1 is 1.03 bits per heavy atom. The highest BCUT2D eigenvalue weighted by Gasteiger charge is 2.22. The lowest BCUT2D eigenvalue weighted by molar-refractivity contribution is -0.147. The second kappa shape index (κ2) is 10.0. The van der Waals surface area contributed by atoms with Crippen molar-refractivity contribution in [1.29, 1.82) is 0 Å². The van der Waals surface area contributed by atoms with E-state index in [4.69, 9.17) is 4.74 Å². The summed E-state index contributed by atoms with van der Waals surface area (Å²) in [7, 11) is 0. The molecule has 1 aromatic carbocycles. The second-order valence-electron chi connectivity index (χ2n) is 7.44. The summed E-state index contributed by atoms with van der Waals surface area (Å²) >= 11 is 0. The second-order valence-corrected chi connectivity index (χ2v) is 7.44. The van der Waals surface area contributed by atoms with Crippen molar-refractivity contribution in [2.45, 2.75) is 51.0 Å². The third-order valence-electron chi connectivity index (χ3n) is 5.24. The number of esters is 1. The van der Waals surface area contributed by atoms with E-state index in [1.807, 2.05) is 0 Å². The lowest BCUT2D eigenvalue weighted by atomic mass is 9.95. The van der Waals surface area contributed by atoms with E-state index in [1.165, 1.54) is 6.42 Å². The fourth-order valence-electron chi connectivity index (χ4n) is 3.68. The zero-order valence-corrected chi connectivity index (χ0v) is 16.4. The molecule has 2 N–H and O–H groups in total. The van der Waals surface area contributed by atoms with Gasteiger partial charge in [0.2, 0.25) is 5.91 Å². The Kier molecular flexibility index (Phi) is 7.21. The zero-order chi connectivity index (χ0) is 20.6. The molecule has 3 rings (SSSR count). The molecule has 0 atom stereocenters. The van der Waals surface area contributed by atoms with Gasteiger partial charge in [-0.25, -0.2) is 0 Å². The number of carbonyl (C=O) groups is 4. The molecule has 1 aliphatic carbocycles. The fraction of sp³-hybridized carbons (Fsp3) is 0.524. The summed E-state index contributed by atoms with van der Waals surface area (Å²) in [6.07, 6.45) is 6.70. The van der Waals surface area contributed by atoms with E-state index in [1.54, 1.807) is 29.2 Å². The smallest absolute Gasteiger partial charge is 0.325 e. The number of hydrogen-bond donors (Lipinski definition) is 2. The van der Waals surface area contributed by atoms with Gasteiger partial charge in [0, 0.05) is 30.3 Å². The third-order valence-corrected chi connectivity index (χ3v) is 5.24. The van der Waals surface area contributed by atoms with Crippen LogP contribution in [0.25, 0.3) is 0 Å². The van der Waals surface area contributed by atoms with Crippen molar-refractivity contribution in [1.82, 2.24) is 10.6 Å². The Morgan fingerprint density at radius 3 is 2.41 bits per heavy atom. The zero-order valence-electron chi connectivity index (χ0n) is 16.4. The SMILES string of the molecule is O=C(COC(=O)CNC(=O)c1ccc(N2CCCC2=O)cc1)NC1CCCCC1. The Morgan fingerprint density at radius 2 is 1.76 bits per heavy atom. The number of carbonyl (C=O) groups excluding carboxylic acids is 4. The lowest BCUT2D eigenvalue weighted by Gasteiger charge is -2.22. The van der Waals surface area contributed by atoms with Crippen LogP contribution in [0.4, 0.5) is 5.69 Å². The van der Waals surface area contributed by atoms with Crippen LogP contribution in [0.15, 0.2) is 24.3 Å². The van der Waals surface area contributed by atoms with E-state index < -0.39 is 11.9 Å². The molecule has 0 radical (unpaired) electrons. The van der Waals surface area contributed by atoms with Crippen LogP contribution in [0, 0.1) is 0 Å². The number of anilines is 1. The molecule has 1 saturated carbocycles. The number of nitrogens with zero attached hydrogens (tertiary/aromatic N) is 1. The molecule has 1 aromatic rings. The molecule has 156 valence electrons. The van der Waals surface area contributed by atoms with Crippen molar-refractivity contribution >= 4 is 29.4 Å². The van der Waals surface area contributed by atoms with Crippen molar-refractivity contribution < 1.29 is 23.9 Å². The van der Waals surface area contributed by atoms with Crippen LogP contribution in [0.5, 0.6) is 0 Å². The number of amides is 3. The van der Waals surface area contributed by atoms with Crippen LogP contribution in [-0.2, 0) is 19.1 Å². The minimum atomic E-state index is -0.670. The van der Waals surface area contributed by atoms with Gasteiger partial charge in [0.15, 0.2) is 6.61 Å². The van der Waals surface area contributed by atoms with Crippen LogP contribution < -0.4 is 15.5 Å². The Labute approximate surface area is 170 Å². The molecule has 0 spiro atoms. The van der Waals surface area contributed by atoms with Crippen LogP contribution >= 0.6 is 0 Å². The largest absolute Gasteiger partial charge is 0.454 e. The van der Waals surface area contributed by atoms with Crippen molar-refractivity contribution in [3.8, 4) is 0 Å². The first-order valence-electron chi connectivity index (χ1n) is 10.2. The summed E-state index contributed by atoms with van der Waals surface area (Å²) < 4.78 is 4.92. The van der Waals surface area contributed by atoms with Gasteiger partial charge in [-0.2, -0.15) is 0 Å². The first-order valence-corrected chi connectivity index (χ1v) is 10.2. The normalized spacial score (nSPS) is 17.1. The van der Waals surface area contributed by atoms with Gasteiger partial charge in [0.25, 0.3) is 11.8 Å². The van der Waals surface area contributed by atoms with Crippen LogP contribution in [0.2, 0.25) is 0 Å². The molecule has 1 aliphatic heterocycles. The number of rotatable bonds is 7. The van der Waals surface area contributed by atoms with E-state index in [2.05, 4.69) is 10.6 Å². The summed E-state index contributed by atoms with van der Waals surface area (Å²) in [6, 6.07) is 6.81. The maximum Gasteiger partial charge on any atom is 0.325 e. The van der Waals surface area contributed by atoms with E-state index in [0.717, 1.165) is 37.8 Å². The van der Waals surface area contributed by atoms with Gasteiger partial charge in [-0.3, -0.25) is 19.2 Å². The van der Waals surface area contributed by atoms with Crippen molar-refractivity contribution in [2.24, 2.45) is 0 Å².